The third-order valence-electron chi connectivity index (χ3n) is 3.77. The predicted octanol–water partition coefficient (Wildman–Crippen LogP) is 2.50. The number of carbonyl (C=O) groups excluding carboxylic acids is 2. The highest BCUT2D eigenvalue weighted by atomic mass is 32.1. The molecule has 0 spiro atoms. The van der Waals surface area contributed by atoms with Crippen LogP contribution in [-0.4, -0.2) is 30.0 Å². The van der Waals surface area contributed by atoms with Crippen LogP contribution < -0.4 is 4.90 Å². The molecule has 3 rings (SSSR count). The van der Waals surface area contributed by atoms with Gasteiger partial charge in [0.15, 0.2) is 0 Å². The highest BCUT2D eigenvalue weighted by molar-refractivity contribution is 7.13. The van der Waals surface area contributed by atoms with E-state index in [0.29, 0.717) is 17.0 Å². The first-order valence-electron chi connectivity index (χ1n) is 6.96. The third kappa shape index (κ3) is 2.29. The maximum atomic E-state index is 13.0. The molecule has 2 aromatic rings. The minimum Gasteiger partial charge on any atom is -0.467 e. The number of ether oxygens (including phenoxy) is 1. The Morgan fingerprint density at radius 2 is 2.05 bits per heavy atom. The predicted molar refractivity (Wildman–Crippen MR) is 84.3 cm³/mol. The fraction of sp³-hybridized carbons (Fsp3) is 0.312. The van der Waals surface area contributed by atoms with Crippen molar-refractivity contribution in [2.24, 2.45) is 0 Å². The van der Waals surface area contributed by atoms with E-state index in [0.717, 1.165) is 16.3 Å². The number of thiazole rings is 1. The molecule has 1 aromatic heterocycles. The summed E-state index contributed by atoms with van der Waals surface area (Å²) in [5.74, 6) is -0.591. The largest absolute Gasteiger partial charge is 0.467 e. The Morgan fingerprint density at radius 3 is 2.68 bits per heavy atom. The topological polar surface area (TPSA) is 59.5 Å². The van der Waals surface area contributed by atoms with Crippen LogP contribution in [0.25, 0.3) is 0 Å². The highest BCUT2D eigenvalue weighted by Crippen LogP contribution is 2.35. The van der Waals surface area contributed by atoms with Crippen molar-refractivity contribution in [2.45, 2.75) is 26.3 Å². The summed E-state index contributed by atoms with van der Waals surface area (Å²) in [5, 5.41) is 0.836. The second-order valence-corrected chi connectivity index (χ2v) is 6.40. The maximum absolute atomic E-state index is 13.0. The van der Waals surface area contributed by atoms with Gasteiger partial charge in [-0.2, -0.15) is 0 Å². The van der Waals surface area contributed by atoms with Crippen LogP contribution in [0.3, 0.4) is 0 Å². The Morgan fingerprint density at radius 1 is 1.32 bits per heavy atom. The second kappa shape index (κ2) is 5.53. The molecule has 0 aliphatic carbocycles. The van der Waals surface area contributed by atoms with Crippen molar-refractivity contribution in [3.63, 3.8) is 0 Å². The van der Waals surface area contributed by atoms with Crippen LogP contribution in [0.1, 0.15) is 25.9 Å². The van der Waals surface area contributed by atoms with Gasteiger partial charge in [-0.05, 0) is 25.5 Å². The van der Waals surface area contributed by atoms with Gasteiger partial charge < -0.3 is 4.74 Å². The number of aryl methyl sites for hydroxylation is 2. The molecule has 1 aliphatic rings. The Labute approximate surface area is 132 Å². The fourth-order valence-electron chi connectivity index (χ4n) is 2.80. The first-order chi connectivity index (χ1) is 10.5. The monoisotopic (exact) mass is 316 g/mol. The van der Waals surface area contributed by atoms with Crippen molar-refractivity contribution in [3.8, 4) is 0 Å². The Balaban J connectivity index is 2.06. The summed E-state index contributed by atoms with van der Waals surface area (Å²) in [4.78, 5) is 31.5. The fourth-order valence-corrected chi connectivity index (χ4v) is 3.66. The number of aromatic nitrogens is 1. The molecule has 1 amide bonds. The molecule has 0 bridgehead atoms. The van der Waals surface area contributed by atoms with Crippen LogP contribution in [0, 0.1) is 13.8 Å². The number of para-hydroxylation sites is 1. The molecular formula is C16H16N2O3S. The van der Waals surface area contributed by atoms with E-state index in [4.69, 9.17) is 4.74 Å². The van der Waals surface area contributed by atoms with Crippen molar-refractivity contribution in [1.29, 1.82) is 0 Å². The number of nitrogens with zero attached hydrogens (tertiary/aromatic N) is 2. The number of hydrogen-bond acceptors (Lipinski definition) is 5. The molecule has 1 unspecified atom stereocenters. The van der Waals surface area contributed by atoms with Gasteiger partial charge in [0.05, 0.1) is 17.8 Å². The van der Waals surface area contributed by atoms with Crippen molar-refractivity contribution >= 4 is 28.9 Å². The molecule has 0 N–H and O–H groups in total. The van der Waals surface area contributed by atoms with E-state index in [1.54, 1.807) is 4.90 Å². The van der Waals surface area contributed by atoms with Crippen LogP contribution in [0.5, 0.6) is 0 Å². The molecule has 1 aliphatic heterocycles. The molecule has 6 heteroatoms. The molecule has 114 valence electrons. The number of esters is 1. The lowest BCUT2D eigenvalue weighted by Crippen LogP contribution is -2.43. The zero-order valence-corrected chi connectivity index (χ0v) is 13.4. The van der Waals surface area contributed by atoms with Gasteiger partial charge in [0.25, 0.3) is 5.91 Å². The van der Waals surface area contributed by atoms with E-state index in [9.17, 15) is 9.59 Å². The van der Waals surface area contributed by atoms with Crippen molar-refractivity contribution in [1.82, 2.24) is 4.98 Å². The summed E-state index contributed by atoms with van der Waals surface area (Å²) in [6.45, 7) is 3.68. The summed E-state index contributed by atoms with van der Waals surface area (Å²) in [6.07, 6.45) is 0.478. The zero-order valence-electron chi connectivity index (χ0n) is 12.6. The van der Waals surface area contributed by atoms with Gasteiger partial charge in [-0.1, -0.05) is 18.2 Å². The van der Waals surface area contributed by atoms with E-state index < -0.39 is 12.0 Å². The number of hydrogen-bond donors (Lipinski definition) is 0. The summed E-state index contributed by atoms with van der Waals surface area (Å²) >= 11 is 1.35. The molecule has 2 heterocycles. The zero-order chi connectivity index (χ0) is 15.9. The molecule has 22 heavy (non-hydrogen) atoms. The van der Waals surface area contributed by atoms with Crippen LogP contribution in [0.4, 0.5) is 5.69 Å². The molecule has 0 fully saturated rings. The molecule has 1 atom stereocenters. The highest BCUT2D eigenvalue weighted by Gasteiger charge is 2.40. The van der Waals surface area contributed by atoms with Crippen LogP contribution >= 0.6 is 11.3 Å². The first-order valence-corrected chi connectivity index (χ1v) is 7.78. The molecule has 0 saturated heterocycles. The number of carbonyl (C=O) groups is 2. The molecule has 0 saturated carbocycles. The smallest absolute Gasteiger partial charge is 0.329 e. The van der Waals surface area contributed by atoms with Gasteiger partial charge in [0, 0.05) is 12.1 Å². The van der Waals surface area contributed by atoms with E-state index in [2.05, 4.69) is 4.98 Å². The molecular weight excluding hydrogens is 300 g/mol. The molecule has 0 radical (unpaired) electrons. The van der Waals surface area contributed by atoms with Crippen LogP contribution in [0.15, 0.2) is 24.3 Å². The lowest BCUT2D eigenvalue weighted by molar-refractivity contribution is -0.141. The minimum absolute atomic E-state index is 0.191. The molecule has 5 nitrogen and oxygen atoms in total. The second-order valence-electron chi connectivity index (χ2n) is 5.19. The lowest BCUT2D eigenvalue weighted by Gasteiger charge is -2.23. The number of anilines is 1. The summed E-state index contributed by atoms with van der Waals surface area (Å²) in [5.41, 5.74) is 2.44. The summed E-state index contributed by atoms with van der Waals surface area (Å²) in [6, 6.07) is 6.95. The molecule has 1 aromatic carbocycles. The van der Waals surface area contributed by atoms with Crippen LogP contribution in [-0.2, 0) is 16.0 Å². The van der Waals surface area contributed by atoms with Crippen molar-refractivity contribution in [2.75, 3.05) is 12.0 Å². The van der Waals surface area contributed by atoms with Crippen molar-refractivity contribution < 1.29 is 14.3 Å². The number of benzene rings is 1. The Hall–Kier alpha value is -2.21. The van der Waals surface area contributed by atoms with E-state index >= 15 is 0 Å². The Bertz CT molecular complexity index is 754. The standard InChI is InChI=1S/C16H16N2O3S/c1-9-14(22-10(2)17-9)15(19)18-12-7-5-4-6-11(12)8-13(18)16(20)21-3/h4-7,13H,8H2,1-3H3. The SMILES string of the molecule is COC(=O)C1Cc2ccccc2N1C(=O)c1sc(C)nc1C. The normalized spacial score (nSPS) is 16.5. The average molecular weight is 316 g/mol. The number of fused-ring (bicyclic) bond motifs is 1. The van der Waals surface area contributed by atoms with Gasteiger partial charge in [0.1, 0.15) is 10.9 Å². The van der Waals surface area contributed by atoms with Crippen LogP contribution in [0.2, 0.25) is 0 Å². The van der Waals surface area contributed by atoms with E-state index in [-0.39, 0.29) is 5.91 Å². The van der Waals surface area contributed by atoms with Gasteiger partial charge in [-0.25, -0.2) is 9.78 Å². The van der Waals surface area contributed by atoms with Gasteiger partial charge in [-0.3, -0.25) is 9.69 Å². The summed E-state index contributed by atoms with van der Waals surface area (Å²) in [7, 11) is 1.34. The maximum Gasteiger partial charge on any atom is 0.329 e. The number of amides is 1. The van der Waals surface area contributed by atoms with E-state index in [1.807, 2.05) is 38.1 Å². The van der Waals surface area contributed by atoms with Gasteiger partial charge >= 0.3 is 5.97 Å². The minimum atomic E-state index is -0.614. The quantitative estimate of drug-likeness (QED) is 0.799. The third-order valence-corrected chi connectivity index (χ3v) is 4.83. The first kappa shape index (κ1) is 14.7. The van der Waals surface area contributed by atoms with Gasteiger partial charge in [0.2, 0.25) is 0 Å². The average Bonchev–Trinajstić information content (AvgIpc) is 3.05. The number of rotatable bonds is 2. The van der Waals surface area contributed by atoms with E-state index in [1.165, 1.54) is 18.4 Å². The van der Waals surface area contributed by atoms with Crippen molar-refractivity contribution in [3.05, 3.63) is 45.4 Å². The lowest BCUT2D eigenvalue weighted by atomic mass is 10.1. The Kier molecular flexibility index (Phi) is 3.70. The van der Waals surface area contributed by atoms with Gasteiger partial charge in [-0.15, -0.1) is 11.3 Å². The number of methoxy groups -OCH3 is 1. The summed E-state index contributed by atoms with van der Waals surface area (Å²) < 4.78 is 4.87.